The van der Waals surface area contributed by atoms with Crippen LogP contribution in [0.2, 0.25) is 0 Å². The molecule has 0 radical (unpaired) electrons. The quantitative estimate of drug-likeness (QED) is 0.892. The van der Waals surface area contributed by atoms with E-state index in [0.29, 0.717) is 0 Å². The minimum Gasteiger partial charge on any atom is -0.378 e. The molecular formula is C16H21N5O. The summed E-state index contributed by atoms with van der Waals surface area (Å²) >= 11 is 0. The third kappa shape index (κ3) is 2.52. The Bertz CT molecular complexity index is 705. The average molecular weight is 299 g/mol. The molecule has 0 saturated heterocycles. The number of anilines is 2. The highest BCUT2D eigenvalue weighted by atomic mass is 16.2. The Balaban J connectivity index is 2.14. The summed E-state index contributed by atoms with van der Waals surface area (Å²) in [5, 5.41) is 7.76. The van der Waals surface area contributed by atoms with Crippen LogP contribution in [0.4, 0.5) is 16.3 Å². The van der Waals surface area contributed by atoms with Crippen LogP contribution in [0.25, 0.3) is 11.3 Å². The Morgan fingerprint density at radius 2 is 2.18 bits per heavy atom. The number of aromatic nitrogens is 2. The molecule has 6 nitrogen and oxygen atoms in total. The van der Waals surface area contributed by atoms with Crippen LogP contribution in [0, 0.1) is 0 Å². The van der Waals surface area contributed by atoms with Crippen LogP contribution in [0.3, 0.4) is 0 Å². The number of nitrogens with one attached hydrogen (secondary N) is 1. The molecular weight excluding hydrogens is 278 g/mol. The van der Waals surface area contributed by atoms with Gasteiger partial charge in [0.05, 0.1) is 5.69 Å². The van der Waals surface area contributed by atoms with Crippen LogP contribution in [0.1, 0.15) is 18.4 Å². The van der Waals surface area contributed by atoms with E-state index in [4.69, 9.17) is 5.73 Å². The van der Waals surface area contributed by atoms with E-state index in [1.807, 2.05) is 37.2 Å². The van der Waals surface area contributed by atoms with Gasteiger partial charge in [0.2, 0.25) is 0 Å². The molecule has 0 aliphatic carbocycles. The van der Waals surface area contributed by atoms with Crippen molar-refractivity contribution >= 4 is 17.5 Å². The summed E-state index contributed by atoms with van der Waals surface area (Å²) < 4.78 is 1.29. The van der Waals surface area contributed by atoms with E-state index in [1.54, 1.807) is 0 Å². The number of primary amides is 1. The third-order valence-corrected chi connectivity index (χ3v) is 3.97. The van der Waals surface area contributed by atoms with Crippen molar-refractivity contribution in [3.8, 4) is 11.3 Å². The van der Waals surface area contributed by atoms with E-state index in [9.17, 15) is 4.79 Å². The average Bonchev–Trinajstić information content (AvgIpc) is 2.70. The van der Waals surface area contributed by atoms with Gasteiger partial charge in [0.1, 0.15) is 5.82 Å². The van der Waals surface area contributed by atoms with Gasteiger partial charge in [-0.3, -0.25) is 0 Å². The molecule has 0 unspecified atom stereocenters. The van der Waals surface area contributed by atoms with Crippen molar-refractivity contribution < 1.29 is 4.79 Å². The van der Waals surface area contributed by atoms with Gasteiger partial charge in [-0.05, 0) is 31.4 Å². The lowest BCUT2D eigenvalue weighted by molar-refractivity contribution is 0.248. The zero-order valence-corrected chi connectivity index (χ0v) is 13.0. The minimum atomic E-state index is -0.555. The second-order valence-electron chi connectivity index (χ2n) is 5.75. The molecule has 3 N–H and O–H groups in total. The molecule has 1 aromatic heterocycles. The summed E-state index contributed by atoms with van der Waals surface area (Å²) in [7, 11) is 4.01. The van der Waals surface area contributed by atoms with E-state index >= 15 is 0 Å². The molecule has 1 aliphatic rings. The summed E-state index contributed by atoms with van der Waals surface area (Å²) in [6, 6.07) is 7.60. The van der Waals surface area contributed by atoms with Gasteiger partial charge >= 0.3 is 6.03 Å². The van der Waals surface area contributed by atoms with E-state index < -0.39 is 6.03 Å². The minimum absolute atomic E-state index is 0.555. The van der Waals surface area contributed by atoms with E-state index in [2.05, 4.69) is 16.5 Å². The fraction of sp³-hybridized carbons (Fsp3) is 0.375. The molecule has 0 fully saturated rings. The highest BCUT2D eigenvalue weighted by molar-refractivity contribution is 5.83. The van der Waals surface area contributed by atoms with Gasteiger partial charge in [0.25, 0.3) is 0 Å². The van der Waals surface area contributed by atoms with Crippen molar-refractivity contribution in [2.75, 3.05) is 30.9 Å². The number of hydrogen-bond acceptors (Lipinski definition) is 4. The number of hydrogen-bond donors (Lipinski definition) is 2. The topological polar surface area (TPSA) is 76.2 Å². The maximum absolute atomic E-state index is 11.7. The summed E-state index contributed by atoms with van der Waals surface area (Å²) in [6.07, 6.45) is 3.05. The summed E-state index contributed by atoms with van der Waals surface area (Å²) in [4.78, 5) is 13.7. The van der Waals surface area contributed by atoms with Crippen molar-refractivity contribution in [1.29, 1.82) is 0 Å². The number of rotatable bonds is 2. The maximum atomic E-state index is 11.7. The highest BCUT2D eigenvalue weighted by Gasteiger charge is 2.23. The van der Waals surface area contributed by atoms with Crippen LogP contribution in [-0.2, 0) is 6.42 Å². The second kappa shape index (κ2) is 5.71. The lowest BCUT2D eigenvalue weighted by Gasteiger charge is -2.13. The summed E-state index contributed by atoms with van der Waals surface area (Å²) in [6.45, 7) is 0.836. The van der Waals surface area contributed by atoms with Gasteiger partial charge in [-0.25, -0.2) is 4.79 Å². The molecule has 0 atom stereocenters. The molecule has 116 valence electrons. The Morgan fingerprint density at radius 3 is 2.91 bits per heavy atom. The molecule has 0 bridgehead atoms. The SMILES string of the molecule is CN(C)c1cccc(-c2nn(C(N)=O)c3c2CCCCN3)c1. The molecule has 2 aromatic rings. The van der Waals surface area contributed by atoms with Crippen LogP contribution in [0.15, 0.2) is 24.3 Å². The van der Waals surface area contributed by atoms with Crippen LogP contribution >= 0.6 is 0 Å². The van der Waals surface area contributed by atoms with Crippen molar-refractivity contribution in [3.63, 3.8) is 0 Å². The number of nitrogens with two attached hydrogens (primary N) is 1. The van der Waals surface area contributed by atoms with Crippen molar-refractivity contribution in [3.05, 3.63) is 29.8 Å². The van der Waals surface area contributed by atoms with Crippen molar-refractivity contribution in [2.24, 2.45) is 5.73 Å². The first kappa shape index (κ1) is 14.4. The standard InChI is InChI=1S/C16H21N5O/c1-20(2)12-7-5-6-11(10-12)14-13-8-3-4-9-18-15(13)21(19-14)16(17)22/h5-7,10,18H,3-4,8-9H2,1-2H3,(H2,17,22). The fourth-order valence-electron chi connectivity index (χ4n) is 2.83. The van der Waals surface area contributed by atoms with E-state index in [-0.39, 0.29) is 0 Å². The molecule has 1 aromatic carbocycles. The van der Waals surface area contributed by atoms with Gasteiger partial charge in [-0.2, -0.15) is 9.78 Å². The molecule has 1 aliphatic heterocycles. The van der Waals surface area contributed by atoms with Crippen molar-refractivity contribution in [2.45, 2.75) is 19.3 Å². The number of amides is 1. The van der Waals surface area contributed by atoms with E-state index in [0.717, 1.165) is 54.1 Å². The molecule has 6 heteroatoms. The molecule has 3 rings (SSSR count). The second-order valence-corrected chi connectivity index (χ2v) is 5.75. The molecule has 0 saturated carbocycles. The highest BCUT2D eigenvalue weighted by Crippen LogP contribution is 2.33. The van der Waals surface area contributed by atoms with Gasteiger partial charge in [0.15, 0.2) is 0 Å². The zero-order valence-electron chi connectivity index (χ0n) is 13.0. The lowest BCUT2D eigenvalue weighted by Crippen LogP contribution is -2.23. The number of carbonyl (C=O) groups is 1. The number of nitrogens with zero attached hydrogens (tertiary/aromatic N) is 3. The van der Waals surface area contributed by atoms with Crippen LogP contribution < -0.4 is 16.0 Å². The number of fused-ring (bicyclic) bond motifs is 1. The fourth-order valence-corrected chi connectivity index (χ4v) is 2.83. The Hall–Kier alpha value is -2.50. The maximum Gasteiger partial charge on any atom is 0.341 e. The Morgan fingerprint density at radius 1 is 1.36 bits per heavy atom. The van der Waals surface area contributed by atoms with Gasteiger partial charge in [-0.1, -0.05) is 12.1 Å². The zero-order chi connectivity index (χ0) is 15.7. The predicted octanol–water partition coefficient (Wildman–Crippen LogP) is 2.29. The van der Waals surface area contributed by atoms with Crippen LogP contribution in [0.5, 0.6) is 0 Å². The number of carbonyl (C=O) groups excluding carboxylic acids is 1. The summed E-state index contributed by atoms with van der Waals surface area (Å²) in [5.74, 6) is 0.746. The van der Waals surface area contributed by atoms with Gasteiger partial charge in [0, 0.05) is 37.5 Å². The molecule has 2 heterocycles. The first-order valence-corrected chi connectivity index (χ1v) is 7.51. The molecule has 22 heavy (non-hydrogen) atoms. The summed E-state index contributed by atoms with van der Waals surface area (Å²) in [5.41, 5.74) is 9.49. The molecule has 0 spiro atoms. The predicted molar refractivity (Wildman–Crippen MR) is 88.4 cm³/mol. The van der Waals surface area contributed by atoms with Gasteiger partial charge < -0.3 is 16.0 Å². The molecule has 1 amide bonds. The largest absolute Gasteiger partial charge is 0.378 e. The Labute approximate surface area is 129 Å². The number of benzene rings is 1. The third-order valence-electron chi connectivity index (χ3n) is 3.97. The van der Waals surface area contributed by atoms with Gasteiger partial charge in [-0.15, -0.1) is 0 Å². The lowest BCUT2D eigenvalue weighted by atomic mass is 10.0. The first-order chi connectivity index (χ1) is 10.6. The monoisotopic (exact) mass is 299 g/mol. The van der Waals surface area contributed by atoms with Crippen LogP contribution in [-0.4, -0.2) is 36.5 Å². The first-order valence-electron chi connectivity index (χ1n) is 7.51. The normalized spacial score (nSPS) is 13.9. The van der Waals surface area contributed by atoms with E-state index in [1.165, 1.54) is 4.68 Å². The van der Waals surface area contributed by atoms with Crippen molar-refractivity contribution in [1.82, 2.24) is 9.78 Å². The Kier molecular flexibility index (Phi) is 3.75. The smallest absolute Gasteiger partial charge is 0.341 e.